The molecule has 30 heavy (non-hydrogen) atoms. The summed E-state index contributed by atoms with van der Waals surface area (Å²) in [5.74, 6) is -0.241. The van der Waals surface area contributed by atoms with Crippen LogP contribution < -0.4 is 14.8 Å². The van der Waals surface area contributed by atoms with Gasteiger partial charge < -0.3 is 19.2 Å². The Morgan fingerprint density at radius 3 is 2.83 bits per heavy atom. The number of hydrogen-bond donors (Lipinski definition) is 1. The summed E-state index contributed by atoms with van der Waals surface area (Å²) in [5, 5.41) is 2.71. The first-order chi connectivity index (χ1) is 14.3. The molecule has 1 amide bonds. The quantitative estimate of drug-likeness (QED) is 0.600. The van der Waals surface area contributed by atoms with Gasteiger partial charge in [0.2, 0.25) is 17.7 Å². The van der Waals surface area contributed by atoms with Crippen LogP contribution in [-0.4, -0.2) is 40.8 Å². The molecule has 0 bridgehead atoms. The van der Waals surface area contributed by atoms with Crippen molar-refractivity contribution in [3.05, 3.63) is 36.3 Å². The lowest BCUT2D eigenvalue weighted by Crippen LogP contribution is -2.35. The van der Waals surface area contributed by atoms with E-state index in [2.05, 4.69) is 15.3 Å². The van der Waals surface area contributed by atoms with E-state index < -0.39 is 11.5 Å². The molecule has 1 fully saturated rings. The van der Waals surface area contributed by atoms with E-state index in [1.165, 1.54) is 25.3 Å². The zero-order chi connectivity index (χ0) is 21.3. The molecular weight excluding hydrogens is 396 g/mol. The second-order valence-corrected chi connectivity index (χ2v) is 7.51. The fourth-order valence-electron chi connectivity index (χ4n) is 2.85. The summed E-state index contributed by atoms with van der Waals surface area (Å²) < 4.78 is 44.5. The number of nitrogens with one attached hydrogen (secondary N) is 1. The third-order valence-corrected chi connectivity index (χ3v) is 4.64. The number of benzene rings is 1. The van der Waals surface area contributed by atoms with Crippen molar-refractivity contribution in [2.45, 2.75) is 38.4 Å². The number of hydrogen-bond acceptors (Lipinski definition) is 6. The molecular formula is C21H21F2N3O4. The standard InChI is InChI=1S/C21H21F2N3O4/c1-12(25-13(2)27)10-28-19-8-18-16(9-24-19)26-20(30-18)14-3-4-17(15(22)7-14)29-11-21(23)5-6-21/h3-4,7-9,12H,5-6,10-11H2,1-2H3,(H,25,27)/t12-/m0/s1. The minimum absolute atomic E-state index is 0.00979. The molecule has 0 unspecified atom stereocenters. The average Bonchev–Trinajstić information content (AvgIpc) is 3.28. The second-order valence-electron chi connectivity index (χ2n) is 7.51. The Hall–Kier alpha value is -3.23. The molecule has 1 atom stereocenters. The van der Waals surface area contributed by atoms with Gasteiger partial charge in [0, 0.05) is 18.6 Å². The number of aromatic nitrogens is 2. The third kappa shape index (κ3) is 4.67. The van der Waals surface area contributed by atoms with Crippen LogP contribution in [-0.2, 0) is 4.79 Å². The Labute approximate surface area is 171 Å². The normalized spacial score (nSPS) is 15.6. The lowest BCUT2D eigenvalue weighted by Gasteiger charge is -2.12. The highest BCUT2D eigenvalue weighted by Crippen LogP contribution is 2.40. The van der Waals surface area contributed by atoms with E-state index in [1.807, 2.05) is 6.92 Å². The molecule has 0 radical (unpaired) electrons. The highest BCUT2D eigenvalue weighted by Gasteiger charge is 2.44. The smallest absolute Gasteiger partial charge is 0.227 e. The lowest BCUT2D eigenvalue weighted by atomic mass is 10.2. The zero-order valence-electron chi connectivity index (χ0n) is 16.6. The molecule has 3 aromatic rings. The van der Waals surface area contributed by atoms with Crippen molar-refractivity contribution in [1.82, 2.24) is 15.3 Å². The zero-order valence-corrected chi connectivity index (χ0v) is 16.6. The monoisotopic (exact) mass is 417 g/mol. The SMILES string of the molecule is CC(=O)N[C@@H](C)COc1cc2oc(-c3ccc(OCC4(F)CC4)c(F)c3)nc2cn1. The summed E-state index contributed by atoms with van der Waals surface area (Å²) in [6.07, 6.45) is 2.38. The first kappa shape index (κ1) is 20.1. The number of nitrogens with zero attached hydrogens (tertiary/aromatic N) is 2. The number of alkyl halides is 1. The summed E-state index contributed by atoms with van der Waals surface area (Å²) in [6.45, 7) is 3.34. The van der Waals surface area contributed by atoms with Gasteiger partial charge in [0.25, 0.3) is 0 Å². The summed E-state index contributed by atoms with van der Waals surface area (Å²) >= 11 is 0. The van der Waals surface area contributed by atoms with Crippen molar-refractivity contribution in [3.63, 3.8) is 0 Å². The number of halogens is 2. The van der Waals surface area contributed by atoms with E-state index in [-0.39, 0.29) is 36.8 Å². The Balaban J connectivity index is 1.46. The number of ether oxygens (including phenoxy) is 2. The molecule has 0 saturated heterocycles. The fraction of sp³-hybridized carbons (Fsp3) is 0.381. The van der Waals surface area contributed by atoms with Gasteiger partial charge in [0.05, 0.1) is 12.2 Å². The number of carbonyl (C=O) groups excluding carboxylic acids is 1. The summed E-state index contributed by atoms with van der Waals surface area (Å²) in [7, 11) is 0. The molecule has 1 aliphatic rings. The first-order valence-electron chi connectivity index (χ1n) is 9.59. The molecule has 1 aromatic carbocycles. The summed E-state index contributed by atoms with van der Waals surface area (Å²) in [6, 6.07) is 5.66. The van der Waals surface area contributed by atoms with Gasteiger partial charge >= 0.3 is 0 Å². The Morgan fingerprint density at radius 1 is 1.33 bits per heavy atom. The largest absolute Gasteiger partial charge is 0.487 e. The molecule has 0 spiro atoms. The Morgan fingerprint density at radius 2 is 2.13 bits per heavy atom. The van der Waals surface area contributed by atoms with Crippen LogP contribution in [0.25, 0.3) is 22.6 Å². The molecule has 1 N–H and O–H groups in total. The van der Waals surface area contributed by atoms with Crippen molar-refractivity contribution in [3.8, 4) is 23.1 Å². The molecule has 1 saturated carbocycles. The third-order valence-electron chi connectivity index (χ3n) is 4.64. The highest BCUT2D eigenvalue weighted by molar-refractivity contribution is 5.76. The van der Waals surface area contributed by atoms with Crippen molar-refractivity contribution in [2.24, 2.45) is 0 Å². The van der Waals surface area contributed by atoms with Crippen LogP contribution in [0.5, 0.6) is 11.6 Å². The van der Waals surface area contributed by atoms with Gasteiger partial charge in [-0.25, -0.2) is 18.7 Å². The summed E-state index contributed by atoms with van der Waals surface area (Å²) in [4.78, 5) is 19.5. The predicted octanol–water partition coefficient (Wildman–Crippen LogP) is 3.81. The Bertz CT molecular complexity index is 1080. The highest BCUT2D eigenvalue weighted by atomic mass is 19.1. The minimum Gasteiger partial charge on any atom is -0.487 e. The first-order valence-corrected chi connectivity index (χ1v) is 9.59. The lowest BCUT2D eigenvalue weighted by molar-refractivity contribution is -0.119. The van der Waals surface area contributed by atoms with Crippen LogP contribution in [0.2, 0.25) is 0 Å². The van der Waals surface area contributed by atoms with E-state index in [0.717, 1.165) is 0 Å². The fourth-order valence-corrected chi connectivity index (χ4v) is 2.85. The maximum Gasteiger partial charge on any atom is 0.227 e. The van der Waals surface area contributed by atoms with E-state index in [0.29, 0.717) is 35.4 Å². The van der Waals surface area contributed by atoms with Gasteiger partial charge in [-0.3, -0.25) is 4.79 Å². The van der Waals surface area contributed by atoms with Crippen LogP contribution in [0, 0.1) is 5.82 Å². The van der Waals surface area contributed by atoms with E-state index in [4.69, 9.17) is 13.9 Å². The van der Waals surface area contributed by atoms with E-state index >= 15 is 0 Å². The number of carbonyl (C=O) groups is 1. The van der Waals surface area contributed by atoms with Crippen LogP contribution in [0.15, 0.2) is 34.9 Å². The van der Waals surface area contributed by atoms with Crippen LogP contribution >= 0.6 is 0 Å². The maximum atomic E-state index is 14.3. The number of fused-ring (bicyclic) bond motifs is 1. The van der Waals surface area contributed by atoms with E-state index in [1.54, 1.807) is 12.1 Å². The minimum atomic E-state index is -1.32. The predicted molar refractivity (Wildman–Crippen MR) is 105 cm³/mol. The molecule has 2 aromatic heterocycles. The van der Waals surface area contributed by atoms with Crippen molar-refractivity contribution < 1.29 is 27.5 Å². The van der Waals surface area contributed by atoms with Gasteiger partial charge in [-0.15, -0.1) is 0 Å². The molecule has 4 rings (SSSR count). The van der Waals surface area contributed by atoms with Crippen LogP contribution in [0.4, 0.5) is 8.78 Å². The number of pyridine rings is 1. The van der Waals surface area contributed by atoms with Crippen LogP contribution in [0.1, 0.15) is 26.7 Å². The molecule has 2 heterocycles. The molecule has 158 valence electrons. The number of oxazole rings is 1. The molecule has 9 heteroatoms. The second kappa shape index (κ2) is 7.89. The average molecular weight is 417 g/mol. The summed E-state index contributed by atoms with van der Waals surface area (Å²) in [5.41, 5.74) is 0.00858. The molecule has 1 aliphatic carbocycles. The van der Waals surface area contributed by atoms with Gasteiger partial charge in [-0.1, -0.05) is 0 Å². The molecule has 7 nitrogen and oxygen atoms in total. The topological polar surface area (TPSA) is 86.5 Å². The number of rotatable bonds is 8. The van der Waals surface area contributed by atoms with Gasteiger partial charge in [-0.05, 0) is 38.0 Å². The Kier molecular flexibility index (Phi) is 5.27. The van der Waals surface area contributed by atoms with E-state index in [9.17, 15) is 13.6 Å². The number of amides is 1. The van der Waals surface area contributed by atoms with Crippen molar-refractivity contribution in [1.29, 1.82) is 0 Å². The van der Waals surface area contributed by atoms with Gasteiger partial charge in [-0.2, -0.15) is 0 Å². The van der Waals surface area contributed by atoms with Crippen LogP contribution in [0.3, 0.4) is 0 Å². The van der Waals surface area contributed by atoms with Gasteiger partial charge in [0.1, 0.15) is 24.4 Å². The van der Waals surface area contributed by atoms with Crippen molar-refractivity contribution >= 4 is 17.0 Å². The van der Waals surface area contributed by atoms with Gasteiger partial charge in [0.15, 0.2) is 17.1 Å². The maximum absolute atomic E-state index is 14.3. The van der Waals surface area contributed by atoms with Crippen molar-refractivity contribution in [2.75, 3.05) is 13.2 Å². The molecule has 0 aliphatic heterocycles.